The number of imidazole rings is 1. The highest BCUT2D eigenvalue weighted by Crippen LogP contribution is 2.17. The number of hydrogen-bond acceptors (Lipinski definition) is 2. The van der Waals surface area contributed by atoms with Crippen molar-refractivity contribution in [3.05, 3.63) is 47.9 Å². The molecule has 0 unspecified atom stereocenters. The van der Waals surface area contributed by atoms with Crippen LogP contribution in [0.25, 0.3) is 5.65 Å². The first-order valence-corrected chi connectivity index (χ1v) is 6.63. The highest BCUT2D eigenvalue weighted by molar-refractivity contribution is 5.39. The molecule has 0 aliphatic heterocycles. The van der Waals surface area contributed by atoms with Crippen LogP contribution in [0.1, 0.15) is 31.9 Å². The molecule has 0 amide bonds. The zero-order valence-corrected chi connectivity index (χ0v) is 10.8. The van der Waals surface area contributed by atoms with Gasteiger partial charge in [-0.05, 0) is 38.3 Å². The van der Waals surface area contributed by atoms with E-state index in [1.807, 2.05) is 24.4 Å². The topological polar surface area (TPSA) is 29.3 Å². The predicted molar refractivity (Wildman–Crippen MR) is 73.4 cm³/mol. The minimum absolute atomic E-state index is 0.610. The normalized spacial score (nSPS) is 20.1. The molecule has 2 heterocycles. The van der Waals surface area contributed by atoms with Crippen molar-refractivity contribution in [2.75, 3.05) is 0 Å². The largest absolute Gasteiger partial charge is 0.308 e. The Kier molecular flexibility index (Phi) is 3.15. The lowest BCUT2D eigenvalue weighted by atomic mass is 9.96. The fraction of sp³-hybridized carbons (Fsp3) is 0.400. The van der Waals surface area contributed by atoms with Gasteiger partial charge in [0, 0.05) is 25.0 Å². The predicted octanol–water partition coefficient (Wildman–Crippen LogP) is 2.92. The summed E-state index contributed by atoms with van der Waals surface area (Å²) in [6.07, 6.45) is 10.1. The van der Waals surface area contributed by atoms with E-state index in [1.54, 1.807) is 0 Å². The first-order chi connectivity index (χ1) is 8.81. The van der Waals surface area contributed by atoms with Crippen LogP contribution in [0.5, 0.6) is 0 Å². The molecule has 0 spiro atoms. The van der Waals surface area contributed by atoms with E-state index < -0.39 is 0 Å². The lowest BCUT2D eigenvalue weighted by Gasteiger charge is -2.21. The Bertz CT molecular complexity index is 535. The maximum Gasteiger partial charge on any atom is 0.137 e. The second-order valence-electron chi connectivity index (χ2n) is 5.10. The minimum atomic E-state index is 0.610. The fourth-order valence-electron chi connectivity index (χ4n) is 2.47. The van der Waals surface area contributed by atoms with Crippen molar-refractivity contribution in [1.82, 2.24) is 14.7 Å². The monoisotopic (exact) mass is 241 g/mol. The smallest absolute Gasteiger partial charge is 0.137 e. The van der Waals surface area contributed by atoms with Crippen LogP contribution < -0.4 is 5.32 Å². The van der Waals surface area contributed by atoms with Crippen LogP contribution in [0.15, 0.2) is 42.2 Å². The number of allylic oxidation sites excluding steroid dienone is 1. The number of nitrogens with zero attached hydrogens (tertiary/aromatic N) is 2. The Labute approximate surface area is 108 Å². The molecule has 0 aromatic carbocycles. The van der Waals surface area contributed by atoms with E-state index in [0.717, 1.165) is 24.3 Å². The molecule has 1 aliphatic rings. The number of nitrogens with one attached hydrogen (secondary N) is 1. The average Bonchev–Trinajstić information content (AvgIpc) is 2.81. The van der Waals surface area contributed by atoms with Crippen LogP contribution in [0, 0.1) is 0 Å². The van der Waals surface area contributed by atoms with Crippen molar-refractivity contribution >= 4 is 5.65 Å². The summed E-state index contributed by atoms with van der Waals surface area (Å²) in [7, 11) is 0. The Morgan fingerprint density at radius 1 is 1.44 bits per heavy atom. The standard InChI is InChI=1S/C15H19N3/c1-12-5-7-13(8-6-12)16-10-14-11-18-9-3-2-4-15(18)17-14/h2-5,9,11,13,16H,6-8,10H2,1H3/t13-/m0/s1. The molecule has 2 aromatic heterocycles. The highest BCUT2D eigenvalue weighted by Gasteiger charge is 2.12. The van der Waals surface area contributed by atoms with Crippen molar-refractivity contribution < 1.29 is 0 Å². The van der Waals surface area contributed by atoms with Crippen LogP contribution in [0.3, 0.4) is 0 Å². The quantitative estimate of drug-likeness (QED) is 0.837. The molecule has 94 valence electrons. The van der Waals surface area contributed by atoms with Gasteiger partial charge in [0.25, 0.3) is 0 Å². The van der Waals surface area contributed by atoms with E-state index >= 15 is 0 Å². The molecule has 3 rings (SSSR count). The first kappa shape index (κ1) is 11.5. The molecule has 0 radical (unpaired) electrons. The second kappa shape index (κ2) is 4.94. The van der Waals surface area contributed by atoms with Gasteiger partial charge in [0.2, 0.25) is 0 Å². The Morgan fingerprint density at radius 3 is 3.17 bits per heavy atom. The zero-order valence-electron chi connectivity index (χ0n) is 10.8. The van der Waals surface area contributed by atoms with Crippen molar-refractivity contribution in [1.29, 1.82) is 0 Å². The molecule has 1 aliphatic carbocycles. The summed E-state index contributed by atoms with van der Waals surface area (Å²) in [5.74, 6) is 0. The SMILES string of the molecule is CC1=CC[C@H](NCc2cn3ccccc3n2)CC1. The minimum Gasteiger partial charge on any atom is -0.308 e. The maximum atomic E-state index is 4.60. The molecular weight excluding hydrogens is 222 g/mol. The van der Waals surface area contributed by atoms with Crippen LogP contribution in [-0.4, -0.2) is 15.4 Å². The van der Waals surface area contributed by atoms with Crippen molar-refractivity contribution in [3.63, 3.8) is 0 Å². The molecular formula is C15H19N3. The Hall–Kier alpha value is -1.61. The third-order valence-corrected chi connectivity index (χ3v) is 3.62. The molecule has 0 saturated heterocycles. The molecule has 3 nitrogen and oxygen atoms in total. The Balaban J connectivity index is 1.63. The van der Waals surface area contributed by atoms with E-state index in [0.29, 0.717) is 6.04 Å². The van der Waals surface area contributed by atoms with Gasteiger partial charge in [-0.15, -0.1) is 0 Å². The number of fused-ring (bicyclic) bond motifs is 1. The third-order valence-electron chi connectivity index (χ3n) is 3.62. The molecule has 0 bridgehead atoms. The second-order valence-corrected chi connectivity index (χ2v) is 5.10. The van der Waals surface area contributed by atoms with Gasteiger partial charge in [0.05, 0.1) is 5.69 Å². The van der Waals surface area contributed by atoms with Crippen LogP contribution in [0.2, 0.25) is 0 Å². The molecule has 0 fully saturated rings. The van der Waals surface area contributed by atoms with E-state index in [-0.39, 0.29) is 0 Å². The summed E-state index contributed by atoms with van der Waals surface area (Å²) in [5, 5.41) is 3.60. The third kappa shape index (κ3) is 2.46. The summed E-state index contributed by atoms with van der Waals surface area (Å²) in [6, 6.07) is 6.70. The van der Waals surface area contributed by atoms with Gasteiger partial charge in [0.15, 0.2) is 0 Å². The lowest BCUT2D eigenvalue weighted by molar-refractivity contribution is 0.464. The van der Waals surface area contributed by atoms with E-state index in [9.17, 15) is 0 Å². The van der Waals surface area contributed by atoms with Gasteiger partial charge in [-0.2, -0.15) is 0 Å². The van der Waals surface area contributed by atoms with Gasteiger partial charge in [-0.25, -0.2) is 4.98 Å². The van der Waals surface area contributed by atoms with Gasteiger partial charge in [-0.3, -0.25) is 0 Å². The zero-order chi connectivity index (χ0) is 12.4. The summed E-state index contributed by atoms with van der Waals surface area (Å²) in [4.78, 5) is 4.60. The summed E-state index contributed by atoms with van der Waals surface area (Å²) in [6.45, 7) is 3.08. The van der Waals surface area contributed by atoms with Crippen LogP contribution >= 0.6 is 0 Å². The maximum absolute atomic E-state index is 4.60. The molecule has 18 heavy (non-hydrogen) atoms. The number of aromatic nitrogens is 2. The molecule has 3 heteroatoms. The van der Waals surface area contributed by atoms with Crippen LogP contribution in [0.4, 0.5) is 0 Å². The van der Waals surface area contributed by atoms with E-state index in [2.05, 4.69) is 33.9 Å². The highest BCUT2D eigenvalue weighted by atomic mass is 15.0. The van der Waals surface area contributed by atoms with E-state index in [4.69, 9.17) is 0 Å². The fourth-order valence-corrected chi connectivity index (χ4v) is 2.47. The molecule has 1 atom stereocenters. The van der Waals surface area contributed by atoms with Gasteiger partial charge >= 0.3 is 0 Å². The average molecular weight is 241 g/mol. The number of hydrogen-bond donors (Lipinski definition) is 1. The lowest BCUT2D eigenvalue weighted by Crippen LogP contribution is -2.29. The molecule has 0 saturated carbocycles. The first-order valence-electron chi connectivity index (χ1n) is 6.63. The van der Waals surface area contributed by atoms with Crippen molar-refractivity contribution in [3.8, 4) is 0 Å². The summed E-state index contributed by atoms with van der Waals surface area (Å²) >= 11 is 0. The van der Waals surface area contributed by atoms with Crippen molar-refractivity contribution in [2.24, 2.45) is 0 Å². The van der Waals surface area contributed by atoms with E-state index in [1.165, 1.54) is 18.4 Å². The van der Waals surface area contributed by atoms with Crippen molar-refractivity contribution in [2.45, 2.75) is 38.8 Å². The molecule has 1 N–H and O–H groups in total. The van der Waals surface area contributed by atoms with Crippen LogP contribution in [-0.2, 0) is 6.54 Å². The van der Waals surface area contributed by atoms with Gasteiger partial charge in [-0.1, -0.05) is 17.7 Å². The van der Waals surface area contributed by atoms with Gasteiger partial charge in [0.1, 0.15) is 5.65 Å². The summed E-state index contributed by atoms with van der Waals surface area (Å²) < 4.78 is 2.07. The Morgan fingerprint density at radius 2 is 2.39 bits per heavy atom. The summed E-state index contributed by atoms with van der Waals surface area (Å²) in [5.41, 5.74) is 3.67. The number of pyridine rings is 1. The number of rotatable bonds is 3. The van der Waals surface area contributed by atoms with Gasteiger partial charge < -0.3 is 9.72 Å². The molecule has 2 aromatic rings.